The molecule has 0 amide bonds. The zero-order valence-corrected chi connectivity index (χ0v) is 10.5. The molecule has 3 nitrogen and oxygen atoms in total. The first kappa shape index (κ1) is 13.6. The second-order valence-electron chi connectivity index (χ2n) is 2.81. The van der Waals surface area contributed by atoms with Crippen LogP contribution in [-0.4, -0.2) is 18.4 Å². The van der Waals surface area contributed by atoms with Gasteiger partial charge in [-0.2, -0.15) is 0 Å². The number of carbonyl (C=O) groups excluding carboxylic acids is 2. The van der Waals surface area contributed by atoms with Crippen molar-refractivity contribution in [3.63, 3.8) is 0 Å². The molecule has 0 heterocycles. The molecule has 0 spiro atoms. The first-order chi connectivity index (χ1) is 6.24. The van der Waals surface area contributed by atoms with E-state index in [4.69, 9.17) is 4.74 Å². The van der Waals surface area contributed by atoms with E-state index in [9.17, 15) is 9.59 Å². The Bertz CT molecular complexity index is 258. The van der Waals surface area contributed by atoms with Gasteiger partial charge in [-0.1, -0.05) is 19.1 Å². The Labute approximate surface area is 107 Å². The van der Waals surface area contributed by atoms with Crippen molar-refractivity contribution < 1.29 is 45.3 Å². The summed E-state index contributed by atoms with van der Waals surface area (Å²) in [5.41, 5.74) is 0. The number of hydrogen-bond acceptors (Lipinski definition) is 3. The Hall–Kier alpha value is -0.380. The van der Waals surface area contributed by atoms with E-state index in [1.165, 1.54) is 12.2 Å². The third kappa shape index (κ3) is 4.22. The number of rotatable bonds is 3. The summed E-state index contributed by atoms with van der Waals surface area (Å²) in [5, 5.41) is 0. The van der Waals surface area contributed by atoms with Crippen molar-refractivity contribution in [3.8, 4) is 0 Å². The van der Waals surface area contributed by atoms with Gasteiger partial charge in [0.25, 0.3) is 0 Å². The van der Waals surface area contributed by atoms with Gasteiger partial charge in [-0.3, -0.25) is 9.59 Å². The molecule has 0 bridgehead atoms. The van der Waals surface area contributed by atoms with Crippen LogP contribution in [0, 0.1) is 5.92 Å². The van der Waals surface area contributed by atoms with Gasteiger partial charge in [0.15, 0.2) is 5.78 Å². The van der Waals surface area contributed by atoms with Gasteiger partial charge in [0.1, 0.15) is 0 Å². The first-order valence-corrected chi connectivity index (χ1v) is 4.31. The van der Waals surface area contributed by atoms with Crippen molar-refractivity contribution in [3.05, 3.63) is 24.3 Å². The molecule has 0 aromatic rings. The summed E-state index contributed by atoms with van der Waals surface area (Å²) < 4.78 is 4.91. The molecule has 1 rings (SSSR count). The van der Waals surface area contributed by atoms with E-state index in [1.807, 2.05) is 6.92 Å². The molecule has 1 aliphatic rings. The maximum Gasteiger partial charge on any atom is 1.00 e. The molecule has 14 heavy (non-hydrogen) atoms. The van der Waals surface area contributed by atoms with Gasteiger partial charge in [0.05, 0.1) is 12.5 Å². The molecule has 0 aliphatic heterocycles. The van der Waals surface area contributed by atoms with Gasteiger partial charge < -0.3 is 6.16 Å². The van der Waals surface area contributed by atoms with Crippen LogP contribution in [0.1, 0.15) is 14.8 Å². The maximum absolute atomic E-state index is 11.2. The summed E-state index contributed by atoms with van der Waals surface area (Å²) in [5.74, 6) is -0.759. The van der Waals surface area contributed by atoms with Crippen LogP contribution < -0.4 is 29.6 Å². The van der Waals surface area contributed by atoms with Gasteiger partial charge in [-0.05, 0) is 18.6 Å². The third-order valence-corrected chi connectivity index (χ3v) is 1.66. The zero-order chi connectivity index (χ0) is 9.68. The predicted octanol–water partition coefficient (Wildman–Crippen LogP) is -1.63. The van der Waals surface area contributed by atoms with Gasteiger partial charge >= 0.3 is 35.5 Å². The first-order valence-electron chi connectivity index (χ1n) is 4.31. The normalized spacial score (nSPS) is 15.1. The minimum Gasteiger partial charge on any atom is -1.00 e. The SMILES string of the molecule is CCCOC(=O)C1C=CC(=O)C=C1.[H-].[Na+]. The van der Waals surface area contributed by atoms with Crippen molar-refractivity contribution in [2.45, 2.75) is 13.3 Å². The van der Waals surface area contributed by atoms with Crippen molar-refractivity contribution in [2.24, 2.45) is 5.92 Å². The van der Waals surface area contributed by atoms with Crippen molar-refractivity contribution in [1.29, 1.82) is 0 Å². The van der Waals surface area contributed by atoms with Crippen LogP contribution in [0.25, 0.3) is 0 Å². The van der Waals surface area contributed by atoms with Crippen LogP contribution in [0.15, 0.2) is 24.3 Å². The number of hydrogen-bond donors (Lipinski definition) is 0. The van der Waals surface area contributed by atoms with E-state index in [0.29, 0.717) is 6.61 Å². The molecule has 0 unspecified atom stereocenters. The zero-order valence-electron chi connectivity index (χ0n) is 9.53. The van der Waals surface area contributed by atoms with E-state index in [0.717, 1.165) is 6.42 Å². The largest absolute Gasteiger partial charge is 1.00 e. The van der Waals surface area contributed by atoms with Gasteiger partial charge in [-0.25, -0.2) is 0 Å². The van der Waals surface area contributed by atoms with Crippen LogP contribution >= 0.6 is 0 Å². The smallest absolute Gasteiger partial charge is 1.00 e. The Morgan fingerprint density at radius 3 is 2.57 bits per heavy atom. The molecular weight excluding hydrogens is 191 g/mol. The molecule has 1 aliphatic carbocycles. The van der Waals surface area contributed by atoms with E-state index in [2.05, 4.69) is 0 Å². The molecule has 0 N–H and O–H groups in total. The summed E-state index contributed by atoms with van der Waals surface area (Å²) in [4.78, 5) is 21.9. The van der Waals surface area contributed by atoms with Crippen LogP contribution in [-0.2, 0) is 14.3 Å². The molecule has 0 aromatic heterocycles. The number of ketones is 1. The average molecular weight is 204 g/mol. The van der Waals surface area contributed by atoms with Crippen LogP contribution in [0.5, 0.6) is 0 Å². The second kappa shape index (κ2) is 6.98. The topological polar surface area (TPSA) is 43.4 Å². The Morgan fingerprint density at radius 2 is 2.07 bits per heavy atom. The standard InChI is InChI=1S/C10H12O3.Na.H/c1-2-7-13-10(12)8-3-5-9(11)6-4-8;;/h3-6,8H,2,7H2,1H3;;/q;+1;-1. The van der Waals surface area contributed by atoms with Crippen molar-refractivity contribution in [1.82, 2.24) is 0 Å². The minimum atomic E-state index is -0.385. The fourth-order valence-corrected chi connectivity index (χ4v) is 0.973. The predicted molar refractivity (Wildman–Crippen MR) is 49.1 cm³/mol. The monoisotopic (exact) mass is 204 g/mol. The summed E-state index contributed by atoms with van der Waals surface area (Å²) in [7, 11) is 0. The van der Waals surface area contributed by atoms with Crippen LogP contribution in [0.4, 0.5) is 0 Å². The maximum atomic E-state index is 11.2. The molecular formula is C10H13NaO3. The number of esters is 1. The van der Waals surface area contributed by atoms with Gasteiger partial charge in [0.2, 0.25) is 0 Å². The van der Waals surface area contributed by atoms with Gasteiger partial charge in [-0.15, -0.1) is 0 Å². The van der Waals surface area contributed by atoms with E-state index >= 15 is 0 Å². The molecule has 4 heteroatoms. The summed E-state index contributed by atoms with van der Waals surface area (Å²) >= 11 is 0. The van der Waals surface area contributed by atoms with E-state index in [-0.39, 0.29) is 48.7 Å². The van der Waals surface area contributed by atoms with Crippen LogP contribution in [0.2, 0.25) is 0 Å². The number of allylic oxidation sites excluding steroid dienone is 2. The van der Waals surface area contributed by atoms with Crippen LogP contribution in [0.3, 0.4) is 0 Å². The summed E-state index contributed by atoms with van der Waals surface area (Å²) in [6, 6.07) is 0. The fourth-order valence-electron chi connectivity index (χ4n) is 0.973. The quantitative estimate of drug-likeness (QED) is 0.409. The Kier molecular flexibility index (Phi) is 6.79. The average Bonchev–Trinajstić information content (AvgIpc) is 2.15. The third-order valence-electron chi connectivity index (χ3n) is 1.66. The van der Waals surface area contributed by atoms with E-state index < -0.39 is 0 Å². The van der Waals surface area contributed by atoms with Gasteiger partial charge in [0, 0.05) is 0 Å². The van der Waals surface area contributed by atoms with Crippen molar-refractivity contribution in [2.75, 3.05) is 6.61 Å². The minimum absolute atomic E-state index is 0. The number of carbonyl (C=O) groups is 2. The molecule has 0 atom stereocenters. The molecule has 0 saturated carbocycles. The van der Waals surface area contributed by atoms with Crippen molar-refractivity contribution >= 4 is 11.8 Å². The molecule has 0 aromatic carbocycles. The Morgan fingerprint density at radius 1 is 1.50 bits per heavy atom. The molecule has 0 fully saturated rings. The molecule has 0 radical (unpaired) electrons. The molecule has 0 saturated heterocycles. The summed E-state index contributed by atoms with van der Waals surface area (Å²) in [6.45, 7) is 2.37. The summed E-state index contributed by atoms with van der Waals surface area (Å²) in [6.07, 6.45) is 6.70. The second-order valence-corrected chi connectivity index (χ2v) is 2.81. The Balaban J connectivity index is 0. The number of ether oxygens (including phenoxy) is 1. The molecule has 72 valence electrons. The fraction of sp³-hybridized carbons (Fsp3) is 0.400. The van der Waals surface area contributed by atoms with E-state index in [1.54, 1.807) is 12.2 Å².